The summed E-state index contributed by atoms with van der Waals surface area (Å²) in [4.78, 5) is 25.5. The number of ether oxygens (including phenoxy) is 1. The van der Waals surface area contributed by atoms with Gasteiger partial charge in [0.15, 0.2) is 6.61 Å². The molecule has 0 unspecified atom stereocenters. The van der Waals surface area contributed by atoms with Crippen molar-refractivity contribution in [2.45, 2.75) is 12.8 Å². The zero-order chi connectivity index (χ0) is 17.8. The third kappa shape index (κ3) is 4.28. The van der Waals surface area contributed by atoms with Crippen LogP contribution in [0.4, 0.5) is 15.8 Å². The number of rotatable bonds is 5. The molecule has 2 aromatic rings. The van der Waals surface area contributed by atoms with Crippen molar-refractivity contribution in [2.75, 3.05) is 23.4 Å². The van der Waals surface area contributed by atoms with Gasteiger partial charge in [-0.1, -0.05) is 17.7 Å². The van der Waals surface area contributed by atoms with E-state index in [-0.39, 0.29) is 29.2 Å². The molecule has 1 aliphatic rings. The van der Waals surface area contributed by atoms with Gasteiger partial charge in [-0.2, -0.15) is 0 Å². The highest BCUT2D eigenvalue weighted by atomic mass is 35.5. The number of nitrogens with one attached hydrogen (secondary N) is 1. The van der Waals surface area contributed by atoms with Crippen LogP contribution in [-0.2, 0) is 9.59 Å². The Morgan fingerprint density at radius 3 is 2.84 bits per heavy atom. The average molecular weight is 363 g/mol. The van der Waals surface area contributed by atoms with E-state index in [1.807, 2.05) is 6.07 Å². The molecule has 5 nitrogen and oxygen atoms in total. The minimum absolute atomic E-state index is 0.0813. The largest absolute Gasteiger partial charge is 0.482 e. The maximum Gasteiger partial charge on any atom is 0.262 e. The average Bonchev–Trinajstić information content (AvgIpc) is 3.00. The Bertz CT molecular complexity index is 813. The van der Waals surface area contributed by atoms with Gasteiger partial charge >= 0.3 is 0 Å². The Balaban J connectivity index is 1.60. The van der Waals surface area contributed by atoms with E-state index in [1.165, 1.54) is 12.1 Å². The van der Waals surface area contributed by atoms with Crippen LogP contribution in [0.1, 0.15) is 12.8 Å². The number of halogens is 2. The van der Waals surface area contributed by atoms with Crippen molar-refractivity contribution >= 4 is 34.8 Å². The van der Waals surface area contributed by atoms with E-state index < -0.39 is 5.82 Å². The summed E-state index contributed by atoms with van der Waals surface area (Å²) in [7, 11) is 0. The van der Waals surface area contributed by atoms with Gasteiger partial charge in [0.2, 0.25) is 5.91 Å². The lowest BCUT2D eigenvalue weighted by molar-refractivity contribution is -0.118. The van der Waals surface area contributed by atoms with Gasteiger partial charge in [-0.05, 0) is 42.8 Å². The quantitative estimate of drug-likeness (QED) is 0.883. The molecule has 1 fully saturated rings. The molecular formula is C18H16ClFN2O3. The van der Waals surface area contributed by atoms with Gasteiger partial charge in [0.1, 0.15) is 11.6 Å². The van der Waals surface area contributed by atoms with Gasteiger partial charge in [0.25, 0.3) is 5.91 Å². The van der Waals surface area contributed by atoms with E-state index in [4.69, 9.17) is 16.3 Å². The highest BCUT2D eigenvalue weighted by molar-refractivity contribution is 6.32. The van der Waals surface area contributed by atoms with E-state index in [9.17, 15) is 14.0 Å². The minimum atomic E-state index is -0.477. The number of hydrogen-bond donors (Lipinski definition) is 1. The molecule has 0 bridgehead atoms. The minimum Gasteiger partial charge on any atom is -0.482 e. The van der Waals surface area contributed by atoms with Crippen molar-refractivity contribution in [1.29, 1.82) is 0 Å². The summed E-state index contributed by atoms with van der Waals surface area (Å²) in [5, 5.41) is 2.80. The molecular weight excluding hydrogens is 347 g/mol. The van der Waals surface area contributed by atoms with Gasteiger partial charge in [0.05, 0.1) is 5.02 Å². The van der Waals surface area contributed by atoms with Crippen LogP contribution in [-0.4, -0.2) is 25.0 Å². The van der Waals surface area contributed by atoms with E-state index in [2.05, 4.69) is 5.32 Å². The van der Waals surface area contributed by atoms with E-state index in [0.29, 0.717) is 18.7 Å². The monoisotopic (exact) mass is 362 g/mol. The fourth-order valence-corrected chi connectivity index (χ4v) is 2.83. The SMILES string of the molecule is O=C(COc1ccc(F)cc1Cl)Nc1cccc(N2CCCC2=O)c1. The number of carbonyl (C=O) groups is 2. The summed E-state index contributed by atoms with van der Waals surface area (Å²) in [6.07, 6.45) is 1.38. The summed E-state index contributed by atoms with van der Waals surface area (Å²) in [6.45, 7) is 0.417. The molecule has 0 radical (unpaired) electrons. The van der Waals surface area contributed by atoms with Crippen molar-refractivity contribution in [1.82, 2.24) is 0 Å². The van der Waals surface area contributed by atoms with Crippen LogP contribution in [0.3, 0.4) is 0 Å². The van der Waals surface area contributed by atoms with Crippen LogP contribution in [0.25, 0.3) is 0 Å². The number of hydrogen-bond acceptors (Lipinski definition) is 3. The topological polar surface area (TPSA) is 58.6 Å². The first-order chi connectivity index (χ1) is 12.0. The van der Waals surface area contributed by atoms with Gasteiger partial charge < -0.3 is 15.0 Å². The molecule has 2 amide bonds. The summed E-state index contributed by atoms with van der Waals surface area (Å²) >= 11 is 5.85. The van der Waals surface area contributed by atoms with E-state index in [0.717, 1.165) is 18.2 Å². The molecule has 1 N–H and O–H groups in total. The molecule has 7 heteroatoms. The number of carbonyl (C=O) groups excluding carboxylic acids is 2. The Morgan fingerprint density at radius 1 is 1.28 bits per heavy atom. The van der Waals surface area contributed by atoms with Crippen molar-refractivity contribution in [3.63, 3.8) is 0 Å². The first kappa shape index (κ1) is 17.2. The van der Waals surface area contributed by atoms with Crippen molar-refractivity contribution in [3.8, 4) is 5.75 Å². The highest BCUT2D eigenvalue weighted by Crippen LogP contribution is 2.26. The van der Waals surface area contributed by atoms with Crippen LogP contribution in [0.15, 0.2) is 42.5 Å². The van der Waals surface area contributed by atoms with Gasteiger partial charge in [-0.15, -0.1) is 0 Å². The fraction of sp³-hybridized carbons (Fsp3) is 0.222. The number of amides is 2. The van der Waals surface area contributed by atoms with E-state index >= 15 is 0 Å². The zero-order valence-corrected chi connectivity index (χ0v) is 14.1. The molecule has 0 spiro atoms. The molecule has 0 aliphatic carbocycles. The van der Waals surface area contributed by atoms with Crippen LogP contribution >= 0.6 is 11.6 Å². The lowest BCUT2D eigenvalue weighted by Crippen LogP contribution is -2.24. The molecule has 2 aromatic carbocycles. The second-order valence-electron chi connectivity index (χ2n) is 5.61. The molecule has 1 heterocycles. The summed E-state index contributed by atoms with van der Waals surface area (Å²) in [6, 6.07) is 10.8. The van der Waals surface area contributed by atoms with Gasteiger partial charge in [0, 0.05) is 24.3 Å². The molecule has 25 heavy (non-hydrogen) atoms. The molecule has 0 saturated carbocycles. The number of benzene rings is 2. The lowest BCUT2D eigenvalue weighted by Gasteiger charge is -2.17. The number of nitrogens with zero attached hydrogens (tertiary/aromatic N) is 1. The molecule has 130 valence electrons. The number of anilines is 2. The Hall–Kier alpha value is -2.60. The third-order valence-electron chi connectivity index (χ3n) is 3.77. The van der Waals surface area contributed by atoms with Crippen molar-refractivity contribution in [3.05, 3.63) is 53.3 Å². The summed E-state index contributed by atoms with van der Waals surface area (Å²) < 4.78 is 18.3. The van der Waals surface area contributed by atoms with Crippen LogP contribution in [0.2, 0.25) is 5.02 Å². The molecule has 0 aromatic heterocycles. The zero-order valence-electron chi connectivity index (χ0n) is 13.3. The normalized spacial score (nSPS) is 13.8. The smallest absolute Gasteiger partial charge is 0.262 e. The Morgan fingerprint density at radius 2 is 2.12 bits per heavy atom. The predicted octanol–water partition coefficient (Wildman–Crippen LogP) is 3.62. The summed E-state index contributed by atoms with van der Waals surface area (Å²) in [5.74, 6) is -0.548. The third-order valence-corrected chi connectivity index (χ3v) is 4.06. The molecule has 1 aliphatic heterocycles. The maximum absolute atomic E-state index is 13.0. The van der Waals surface area contributed by atoms with Crippen LogP contribution < -0.4 is 15.0 Å². The first-order valence-electron chi connectivity index (χ1n) is 7.81. The second-order valence-corrected chi connectivity index (χ2v) is 6.02. The van der Waals surface area contributed by atoms with Crippen LogP contribution in [0, 0.1) is 5.82 Å². The molecule has 0 atom stereocenters. The Kier molecular flexibility index (Phi) is 5.19. The van der Waals surface area contributed by atoms with Crippen molar-refractivity contribution in [2.24, 2.45) is 0 Å². The maximum atomic E-state index is 13.0. The van der Waals surface area contributed by atoms with E-state index in [1.54, 1.807) is 23.1 Å². The molecule has 1 saturated heterocycles. The fourth-order valence-electron chi connectivity index (χ4n) is 2.61. The standard InChI is InChI=1S/C18H16ClFN2O3/c19-15-9-12(20)6-7-16(15)25-11-17(23)21-13-3-1-4-14(10-13)22-8-2-5-18(22)24/h1,3-4,6-7,9-10H,2,5,8,11H2,(H,21,23). The highest BCUT2D eigenvalue weighted by Gasteiger charge is 2.21. The van der Waals surface area contributed by atoms with Crippen molar-refractivity contribution < 1.29 is 18.7 Å². The predicted molar refractivity (Wildman–Crippen MR) is 93.6 cm³/mol. The van der Waals surface area contributed by atoms with Gasteiger partial charge in [-0.3, -0.25) is 9.59 Å². The van der Waals surface area contributed by atoms with Crippen LogP contribution in [0.5, 0.6) is 5.75 Å². The molecule has 3 rings (SSSR count). The second kappa shape index (κ2) is 7.53. The van der Waals surface area contributed by atoms with Gasteiger partial charge in [-0.25, -0.2) is 4.39 Å². The lowest BCUT2D eigenvalue weighted by atomic mass is 10.2. The Labute approximate surface area is 149 Å². The first-order valence-corrected chi connectivity index (χ1v) is 8.19. The summed E-state index contributed by atoms with van der Waals surface area (Å²) in [5.41, 5.74) is 1.32.